The number of nitrogens with zero attached hydrogens (tertiary/aromatic N) is 1. The lowest BCUT2D eigenvalue weighted by Gasteiger charge is -2.32. The van der Waals surface area contributed by atoms with Gasteiger partial charge in [0.1, 0.15) is 0 Å². The van der Waals surface area contributed by atoms with Gasteiger partial charge in [-0.05, 0) is 142 Å². The van der Waals surface area contributed by atoms with Crippen LogP contribution in [0.1, 0.15) is 67.0 Å². The van der Waals surface area contributed by atoms with Gasteiger partial charge in [-0.15, -0.1) is 0 Å². The van der Waals surface area contributed by atoms with E-state index in [1.54, 1.807) is 0 Å². The highest BCUT2D eigenvalue weighted by Gasteiger charge is 2.39. The van der Waals surface area contributed by atoms with Crippen molar-refractivity contribution in [1.29, 1.82) is 0 Å². The number of fused-ring (bicyclic) bond motifs is 2. The van der Waals surface area contributed by atoms with Crippen LogP contribution in [0.2, 0.25) is 0 Å². The third-order valence-electron chi connectivity index (χ3n) is 12.3. The van der Waals surface area contributed by atoms with Crippen molar-refractivity contribution in [3.05, 3.63) is 252 Å². The first-order valence-electron chi connectivity index (χ1n) is 22.5. The smallest absolute Gasteiger partial charge is 0.0626 e. The molecule has 0 aromatic heterocycles. The van der Waals surface area contributed by atoms with Gasteiger partial charge in [0.25, 0.3) is 0 Å². The Hall–Kier alpha value is -7.16. The predicted octanol–water partition coefficient (Wildman–Crippen LogP) is 16.5. The number of allylic oxidation sites excluding steroid dienone is 10. The molecule has 0 saturated carbocycles. The van der Waals surface area contributed by atoms with Crippen molar-refractivity contribution in [2.24, 2.45) is 5.92 Å². The monoisotopic (exact) mass is 818 g/mol. The van der Waals surface area contributed by atoms with Crippen LogP contribution in [0.25, 0.3) is 45.0 Å². The van der Waals surface area contributed by atoms with E-state index in [1.165, 1.54) is 61.5 Å². The topological polar surface area (TPSA) is 15.3 Å². The molecule has 0 radical (unpaired) electrons. The van der Waals surface area contributed by atoms with Crippen LogP contribution in [-0.4, -0.2) is 6.04 Å². The van der Waals surface area contributed by atoms with E-state index in [9.17, 15) is 0 Å². The molecule has 1 heterocycles. The Morgan fingerprint density at radius 3 is 2.14 bits per heavy atom. The van der Waals surface area contributed by atoms with Gasteiger partial charge in [0, 0.05) is 29.2 Å². The van der Waals surface area contributed by atoms with Crippen LogP contribution in [0.4, 0.5) is 11.4 Å². The van der Waals surface area contributed by atoms with Gasteiger partial charge in [-0.1, -0.05) is 190 Å². The average Bonchev–Trinajstić information content (AvgIpc) is 3.67. The summed E-state index contributed by atoms with van der Waals surface area (Å²) in [5.74, 6) is 0.312. The number of hydrogen-bond donors (Lipinski definition) is 1. The maximum atomic E-state index is 4.29. The molecule has 0 fully saturated rings. The van der Waals surface area contributed by atoms with Gasteiger partial charge in [-0.3, -0.25) is 0 Å². The zero-order valence-corrected chi connectivity index (χ0v) is 37.4. The minimum atomic E-state index is 0.272. The van der Waals surface area contributed by atoms with E-state index in [0.717, 1.165) is 46.4 Å². The first-order chi connectivity index (χ1) is 30.9. The second kappa shape index (κ2) is 19.7. The molecule has 0 saturated heterocycles. The van der Waals surface area contributed by atoms with Gasteiger partial charge in [0.2, 0.25) is 0 Å². The number of rotatable bonds is 11. The maximum absolute atomic E-state index is 4.29. The lowest BCUT2D eigenvalue weighted by Crippen LogP contribution is -2.33. The Kier molecular flexibility index (Phi) is 13.3. The summed E-state index contributed by atoms with van der Waals surface area (Å²) in [4.78, 5) is 2.58. The van der Waals surface area contributed by atoms with Crippen molar-refractivity contribution in [1.82, 2.24) is 0 Å². The molecule has 2 nitrogen and oxygen atoms in total. The Labute approximate surface area is 376 Å². The molecule has 2 unspecified atom stereocenters. The Balaban J connectivity index is 0.00000268. The molecular weight excluding hydrogens is 761 g/mol. The Bertz CT molecular complexity index is 2800. The first-order valence-corrected chi connectivity index (χ1v) is 22.5. The first kappa shape index (κ1) is 42.5. The summed E-state index contributed by atoms with van der Waals surface area (Å²) in [7, 11) is 0. The number of hydrogen-bond acceptors (Lipinski definition) is 2. The molecule has 1 N–H and O–H groups in total. The third kappa shape index (κ3) is 9.37. The molecule has 312 valence electrons. The molecule has 1 aliphatic heterocycles. The summed E-state index contributed by atoms with van der Waals surface area (Å²) in [6, 6.07) is 52.7. The van der Waals surface area contributed by atoms with E-state index < -0.39 is 0 Å². The molecule has 63 heavy (non-hydrogen) atoms. The molecule has 0 amide bonds. The molecule has 2 atom stereocenters. The van der Waals surface area contributed by atoms with Crippen LogP contribution in [0.5, 0.6) is 0 Å². The van der Waals surface area contributed by atoms with Gasteiger partial charge < -0.3 is 10.2 Å². The summed E-state index contributed by atoms with van der Waals surface area (Å²) in [5, 5.41) is 3.51. The lowest BCUT2D eigenvalue weighted by atomic mass is 9.84. The highest BCUT2D eigenvalue weighted by Crippen LogP contribution is 2.46. The fourth-order valence-electron chi connectivity index (χ4n) is 9.06. The van der Waals surface area contributed by atoms with E-state index in [0.29, 0.717) is 5.92 Å². The van der Waals surface area contributed by atoms with Crippen LogP contribution in [-0.2, 0) is 0 Å². The van der Waals surface area contributed by atoms with Crippen molar-refractivity contribution in [3.8, 4) is 22.3 Å². The summed E-state index contributed by atoms with van der Waals surface area (Å²) >= 11 is 0. The van der Waals surface area contributed by atoms with Crippen LogP contribution in [0.3, 0.4) is 0 Å². The molecule has 6 aromatic carbocycles. The predicted molar refractivity (Wildman–Crippen MR) is 274 cm³/mol. The summed E-state index contributed by atoms with van der Waals surface area (Å²) in [6.07, 6.45) is 24.8. The number of anilines is 2. The molecule has 9 rings (SSSR count). The normalized spacial score (nSPS) is 16.7. The van der Waals surface area contributed by atoms with Gasteiger partial charge in [-0.2, -0.15) is 0 Å². The fraction of sp³-hybridized carbons (Fsp3) is 0.148. The van der Waals surface area contributed by atoms with E-state index in [-0.39, 0.29) is 6.04 Å². The minimum absolute atomic E-state index is 0.272. The van der Waals surface area contributed by atoms with Crippen LogP contribution in [0, 0.1) is 19.8 Å². The van der Waals surface area contributed by atoms with E-state index in [1.807, 2.05) is 20.0 Å². The summed E-state index contributed by atoms with van der Waals surface area (Å²) in [5.41, 5.74) is 20.9. The largest absolute Gasteiger partial charge is 0.362 e. The fourth-order valence-corrected chi connectivity index (χ4v) is 9.06. The number of nitrogens with one attached hydrogen (secondary N) is 1. The van der Waals surface area contributed by atoms with Gasteiger partial charge >= 0.3 is 0 Å². The Morgan fingerprint density at radius 1 is 0.698 bits per heavy atom. The molecule has 0 bridgehead atoms. The van der Waals surface area contributed by atoms with E-state index in [4.69, 9.17) is 0 Å². The highest BCUT2D eigenvalue weighted by atomic mass is 15.2. The van der Waals surface area contributed by atoms with E-state index in [2.05, 4.69) is 238 Å². The second-order valence-corrected chi connectivity index (χ2v) is 16.4. The zero-order valence-electron chi connectivity index (χ0n) is 37.4. The lowest BCUT2D eigenvalue weighted by molar-refractivity contribution is 0.683. The number of benzene rings is 6. The third-order valence-corrected chi connectivity index (χ3v) is 12.3. The van der Waals surface area contributed by atoms with Crippen molar-refractivity contribution in [2.75, 3.05) is 10.2 Å². The van der Waals surface area contributed by atoms with Crippen LogP contribution >= 0.6 is 0 Å². The van der Waals surface area contributed by atoms with Crippen LogP contribution in [0.15, 0.2) is 218 Å². The number of aryl methyl sites for hydroxylation is 2. The summed E-state index contributed by atoms with van der Waals surface area (Å²) < 4.78 is 0. The molecular formula is C61H58N2. The maximum Gasteiger partial charge on any atom is 0.0626 e. The van der Waals surface area contributed by atoms with Crippen molar-refractivity contribution in [3.63, 3.8) is 0 Å². The standard InChI is InChI=1S/C59H52N2.C2H6/c1-41(2)52-19-10-11-21-54(52)48(27-26-44-25-24-43(4)56(39-44)53-20-9-8-15-42(53)3)18-14-38-60-50-33-28-47(29-34-50)49-32-37-59-57(40-49)55-22-12-13-23-58(55)61(59)51-35-30-46(31-36-51)45-16-6-5-7-17-45;1-2/h5-12,14-22,24-40,57,59-60H,1,13,23H2,2-4H3;1-2H3/b27-26-,38-14+,48-18+;. The minimum Gasteiger partial charge on any atom is -0.362 e. The van der Waals surface area contributed by atoms with Crippen LogP contribution < -0.4 is 10.2 Å². The quantitative estimate of drug-likeness (QED) is 0.131. The van der Waals surface area contributed by atoms with Crippen molar-refractivity contribution < 1.29 is 0 Å². The van der Waals surface area contributed by atoms with Crippen molar-refractivity contribution >= 4 is 34.2 Å². The van der Waals surface area contributed by atoms with Crippen molar-refractivity contribution in [2.45, 2.75) is 53.5 Å². The molecule has 6 aromatic rings. The molecule has 2 aliphatic carbocycles. The highest BCUT2D eigenvalue weighted by molar-refractivity contribution is 5.87. The Morgan fingerprint density at radius 2 is 1.38 bits per heavy atom. The molecule has 0 spiro atoms. The van der Waals surface area contributed by atoms with Gasteiger partial charge in [0.15, 0.2) is 0 Å². The average molecular weight is 819 g/mol. The van der Waals surface area contributed by atoms with Gasteiger partial charge in [0.05, 0.1) is 6.04 Å². The molecule has 3 aliphatic rings. The zero-order chi connectivity index (χ0) is 43.7. The summed E-state index contributed by atoms with van der Waals surface area (Å²) in [6.45, 7) is 14.7. The second-order valence-electron chi connectivity index (χ2n) is 16.4. The van der Waals surface area contributed by atoms with Gasteiger partial charge in [-0.25, -0.2) is 0 Å². The molecule has 2 heteroatoms. The SMILES string of the molecule is C=C(C)c1ccccc1C(/C=C\c1ccc(C)c(-c2ccccc2C)c1)=C/C=C/Nc1ccc(C2=CC3C4=C(CCC=C4)N(c4ccc(-c5ccccc5)cc4)C3C=C2)cc1.CC. The van der Waals surface area contributed by atoms with E-state index >= 15 is 0 Å².